The van der Waals surface area contributed by atoms with E-state index in [2.05, 4.69) is 11.5 Å². The minimum atomic E-state index is -0.843. The molecule has 2 nitrogen and oxygen atoms in total. The number of hydrogen-bond donors (Lipinski definition) is 2. The van der Waals surface area contributed by atoms with E-state index in [0.717, 1.165) is 23.8 Å². The molecule has 3 N–H and O–H groups in total. The van der Waals surface area contributed by atoms with Gasteiger partial charge in [-0.05, 0) is 55.0 Å². The van der Waals surface area contributed by atoms with Gasteiger partial charge in [0.1, 0.15) is 0 Å². The van der Waals surface area contributed by atoms with E-state index in [1.165, 1.54) is 29.3 Å². The summed E-state index contributed by atoms with van der Waals surface area (Å²) in [5.74, 6) is 3.94. The lowest BCUT2D eigenvalue weighted by molar-refractivity contribution is 0.504. The molecule has 1 aromatic carbocycles. The first-order chi connectivity index (χ1) is 9.69. The second-order valence-corrected chi connectivity index (χ2v) is 6.25. The largest absolute Gasteiger partial charge is 0.271 e. The molecule has 0 fully saturated rings. The number of fused-ring (bicyclic) bond motifs is 1. The molecule has 1 atom stereocenters. The highest BCUT2D eigenvalue weighted by Gasteiger charge is 2.20. The lowest BCUT2D eigenvalue weighted by atomic mass is 9.98. The number of nitrogens with one attached hydrogen (secondary N) is 1. The highest BCUT2D eigenvalue weighted by Crippen LogP contribution is 2.35. The van der Waals surface area contributed by atoms with Gasteiger partial charge in [0.05, 0.1) is 6.04 Å². The van der Waals surface area contributed by atoms with Crippen LogP contribution in [-0.2, 0) is 12.8 Å². The predicted octanol–water partition coefficient (Wildman–Crippen LogP) is 3.46. The zero-order valence-corrected chi connectivity index (χ0v) is 11.8. The van der Waals surface area contributed by atoms with E-state index in [4.69, 9.17) is 5.84 Å². The van der Waals surface area contributed by atoms with Crippen molar-refractivity contribution in [1.82, 2.24) is 5.43 Å². The molecule has 1 unspecified atom stereocenters. The predicted molar refractivity (Wildman–Crippen MR) is 76.5 cm³/mol. The first kappa shape index (κ1) is 13.7. The average Bonchev–Trinajstić information content (AvgIpc) is 2.87. The highest BCUT2D eigenvalue weighted by atomic mass is 32.1. The van der Waals surface area contributed by atoms with Gasteiger partial charge < -0.3 is 0 Å². The van der Waals surface area contributed by atoms with Gasteiger partial charge in [0.2, 0.25) is 0 Å². The quantitative estimate of drug-likeness (QED) is 0.672. The summed E-state index contributed by atoms with van der Waals surface area (Å²) >= 11 is 1.71. The molecule has 20 heavy (non-hydrogen) atoms. The molecule has 1 aliphatic rings. The Morgan fingerprint density at radius 1 is 1.10 bits per heavy atom. The van der Waals surface area contributed by atoms with Crippen molar-refractivity contribution >= 4 is 11.3 Å². The summed E-state index contributed by atoms with van der Waals surface area (Å²) in [6, 6.07) is 5.77. The van der Waals surface area contributed by atoms with Gasteiger partial charge in [-0.2, -0.15) is 0 Å². The van der Waals surface area contributed by atoms with Crippen LogP contribution in [-0.4, -0.2) is 0 Å². The van der Waals surface area contributed by atoms with Crippen molar-refractivity contribution < 1.29 is 8.78 Å². The maximum absolute atomic E-state index is 13.4. The first-order valence-corrected chi connectivity index (χ1v) is 7.53. The summed E-state index contributed by atoms with van der Waals surface area (Å²) < 4.78 is 26.4. The monoisotopic (exact) mass is 294 g/mol. The second kappa shape index (κ2) is 5.60. The third kappa shape index (κ3) is 2.49. The summed E-state index contributed by atoms with van der Waals surface area (Å²) in [4.78, 5) is 2.46. The number of benzene rings is 1. The molecule has 2 aromatic rings. The van der Waals surface area contributed by atoms with Crippen molar-refractivity contribution in [2.45, 2.75) is 31.7 Å². The van der Waals surface area contributed by atoms with Crippen LogP contribution in [0.25, 0.3) is 0 Å². The molecule has 5 heteroatoms. The normalized spacial score (nSPS) is 15.9. The van der Waals surface area contributed by atoms with E-state index in [1.807, 2.05) is 0 Å². The molecule has 106 valence electrons. The van der Waals surface area contributed by atoms with Crippen molar-refractivity contribution in [2.24, 2.45) is 5.84 Å². The third-order valence-corrected chi connectivity index (χ3v) is 5.05. The van der Waals surface area contributed by atoms with Crippen LogP contribution in [0.1, 0.15) is 39.8 Å². The first-order valence-electron chi connectivity index (χ1n) is 6.71. The van der Waals surface area contributed by atoms with Gasteiger partial charge in [0.15, 0.2) is 11.6 Å². The third-order valence-electron chi connectivity index (χ3n) is 3.74. The Morgan fingerprint density at radius 3 is 2.60 bits per heavy atom. The molecule has 0 saturated heterocycles. The number of thiophene rings is 1. The van der Waals surface area contributed by atoms with Crippen LogP contribution in [0.5, 0.6) is 0 Å². The maximum Gasteiger partial charge on any atom is 0.159 e. The second-order valence-electron chi connectivity index (χ2n) is 5.08. The lowest BCUT2D eigenvalue weighted by Crippen LogP contribution is -2.28. The van der Waals surface area contributed by atoms with Crippen LogP contribution < -0.4 is 11.3 Å². The number of aryl methyl sites for hydroxylation is 2. The molecule has 0 spiro atoms. The van der Waals surface area contributed by atoms with Crippen LogP contribution in [0.3, 0.4) is 0 Å². The number of nitrogens with two attached hydrogens (primary N) is 1. The molecular formula is C15H16F2N2S. The van der Waals surface area contributed by atoms with E-state index in [-0.39, 0.29) is 6.04 Å². The summed E-state index contributed by atoms with van der Waals surface area (Å²) in [7, 11) is 0. The van der Waals surface area contributed by atoms with Crippen LogP contribution >= 0.6 is 11.3 Å². The zero-order valence-electron chi connectivity index (χ0n) is 11.0. The average molecular weight is 294 g/mol. The van der Waals surface area contributed by atoms with E-state index in [1.54, 1.807) is 17.4 Å². The van der Waals surface area contributed by atoms with Crippen LogP contribution in [0.2, 0.25) is 0 Å². The topological polar surface area (TPSA) is 38.0 Å². The van der Waals surface area contributed by atoms with Crippen molar-refractivity contribution in [2.75, 3.05) is 0 Å². The maximum atomic E-state index is 13.4. The van der Waals surface area contributed by atoms with Crippen molar-refractivity contribution in [3.63, 3.8) is 0 Å². The number of halogens is 2. The summed E-state index contributed by atoms with van der Waals surface area (Å²) in [5, 5.41) is 0. The van der Waals surface area contributed by atoms with Crippen molar-refractivity contribution in [1.29, 1.82) is 0 Å². The summed E-state index contributed by atoms with van der Waals surface area (Å²) in [6.07, 6.45) is 4.64. The van der Waals surface area contributed by atoms with E-state index < -0.39 is 11.6 Å². The number of hydrogen-bond acceptors (Lipinski definition) is 3. The Balaban J connectivity index is 1.96. The van der Waals surface area contributed by atoms with Crippen molar-refractivity contribution in [3.8, 4) is 0 Å². The smallest absolute Gasteiger partial charge is 0.159 e. The molecular weight excluding hydrogens is 278 g/mol. The highest BCUT2D eigenvalue weighted by molar-refractivity contribution is 7.12. The molecule has 0 bridgehead atoms. The Labute approximate surface area is 120 Å². The van der Waals surface area contributed by atoms with E-state index in [9.17, 15) is 8.78 Å². The summed E-state index contributed by atoms with van der Waals surface area (Å²) in [6.45, 7) is 0. The zero-order chi connectivity index (χ0) is 14.1. The van der Waals surface area contributed by atoms with Crippen molar-refractivity contribution in [3.05, 3.63) is 56.8 Å². The Bertz CT molecular complexity index is 601. The lowest BCUT2D eigenvalue weighted by Gasteiger charge is -2.14. The number of hydrazine groups is 1. The van der Waals surface area contributed by atoms with E-state index in [0.29, 0.717) is 5.56 Å². The fourth-order valence-electron chi connectivity index (χ4n) is 2.69. The molecule has 1 heterocycles. The van der Waals surface area contributed by atoms with Gasteiger partial charge in [-0.15, -0.1) is 11.3 Å². The Kier molecular flexibility index (Phi) is 3.83. The van der Waals surface area contributed by atoms with Gasteiger partial charge in [-0.1, -0.05) is 6.07 Å². The van der Waals surface area contributed by atoms with Gasteiger partial charge in [0.25, 0.3) is 0 Å². The van der Waals surface area contributed by atoms with Crippen LogP contribution in [0.15, 0.2) is 24.3 Å². The minimum absolute atomic E-state index is 0.291. The minimum Gasteiger partial charge on any atom is -0.271 e. The van der Waals surface area contributed by atoms with Gasteiger partial charge in [0, 0.05) is 9.75 Å². The SMILES string of the molecule is NNC(c1ccc(F)c(F)c1)c1cc2c(s1)CCCC2. The molecule has 1 aromatic heterocycles. The standard InChI is InChI=1S/C15H16F2N2S/c16-11-6-5-10(7-12(11)17)15(19-18)14-8-9-3-1-2-4-13(9)20-14/h5-8,15,19H,1-4,18H2. The van der Waals surface area contributed by atoms with Crippen LogP contribution in [0.4, 0.5) is 8.78 Å². The fraction of sp³-hybridized carbons (Fsp3) is 0.333. The van der Waals surface area contributed by atoms with Crippen LogP contribution in [0, 0.1) is 11.6 Å². The molecule has 0 radical (unpaired) electrons. The molecule has 0 aliphatic heterocycles. The summed E-state index contributed by atoms with van der Waals surface area (Å²) in [5.41, 5.74) is 4.73. The Hall–Kier alpha value is -1.30. The molecule has 1 aliphatic carbocycles. The Morgan fingerprint density at radius 2 is 1.90 bits per heavy atom. The molecule has 3 rings (SSSR count). The molecule has 0 saturated carbocycles. The fourth-order valence-corrected chi connectivity index (χ4v) is 4.04. The van der Waals surface area contributed by atoms with Gasteiger partial charge in [-0.25, -0.2) is 14.2 Å². The molecule has 0 amide bonds. The number of rotatable bonds is 3. The van der Waals surface area contributed by atoms with Gasteiger partial charge in [-0.3, -0.25) is 5.84 Å². The van der Waals surface area contributed by atoms with Gasteiger partial charge >= 0.3 is 0 Å². The van der Waals surface area contributed by atoms with E-state index >= 15 is 0 Å².